The molecule has 2 aliphatic heterocycles. The summed E-state index contributed by atoms with van der Waals surface area (Å²) in [5.74, 6) is 1.18. The van der Waals surface area contributed by atoms with E-state index in [2.05, 4.69) is 26.1 Å². The number of furan rings is 1. The van der Waals surface area contributed by atoms with E-state index in [-0.39, 0.29) is 11.3 Å². The van der Waals surface area contributed by atoms with Gasteiger partial charge in [-0.25, -0.2) is 0 Å². The number of amides is 1. The Morgan fingerprint density at radius 2 is 1.90 bits per heavy atom. The molecular formula is C21H24BrN3O3S. The van der Waals surface area contributed by atoms with Gasteiger partial charge in [-0.2, -0.15) is 0 Å². The van der Waals surface area contributed by atoms with Gasteiger partial charge in [0.2, 0.25) is 0 Å². The Hall–Kier alpha value is -2.06. The number of piperidine rings is 1. The first-order valence-electron chi connectivity index (χ1n) is 9.73. The van der Waals surface area contributed by atoms with Crippen molar-refractivity contribution in [2.45, 2.75) is 19.3 Å². The molecule has 0 unspecified atom stereocenters. The van der Waals surface area contributed by atoms with Crippen molar-refractivity contribution in [3.63, 3.8) is 0 Å². The number of nitrogens with zero attached hydrogens (tertiary/aromatic N) is 2. The van der Waals surface area contributed by atoms with Gasteiger partial charge in [-0.3, -0.25) is 4.79 Å². The monoisotopic (exact) mass is 477 g/mol. The summed E-state index contributed by atoms with van der Waals surface area (Å²) in [5.41, 5.74) is 1.11. The first-order chi connectivity index (χ1) is 14.0. The fourth-order valence-electron chi connectivity index (χ4n) is 4.19. The summed E-state index contributed by atoms with van der Waals surface area (Å²) in [6.45, 7) is 3.35. The Bertz CT molecular complexity index is 908. The molecule has 3 heterocycles. The van der Waals surface area contributed by atoms with E-state index >= 15 is 0 Å². The summed E-state index contributed by atoms with van der Waals surface area (Å²) >= 11 is 8.88. The van der Waals surface area contributed by atoms with Gasteiger partial charge in [-0.15, -0.1) is 0 Å². The second kappa shape index (κ2) is 8.36. The lowest BCUT2D eigenvalue weighted by atomic mass is 9.78. The molecule has 1 N–H and O–H groups in total. The fourth-order valence-corrected chi connectivity index (χ4v) is 4.80. The molecule has 1 aromatic heterocycles. The Kier molecular flexibility index (Phi) is 5.83. The number of nitrogens with one attached hydrogen (secondary N) is 1. The molecule has 2 aromatic rings. The molecule has 8 heteroatoms. The van der Waals surface area contributed by atoms with Crippen LogP contribution >= 0.6 is 28.1 Å². The summed E-state index contributed by atoms with van der Waals surface area (Å²) < 4.78 is 11.3. The molecular weight excluding hydrogens is 454 g/mol. The minimum atomic E-state index is -0.0229. The number of rotatable bonds is 3. The maximum Gasteiger partial charge on any atom is 0.289 e. The smallest absolute Gasteiger partial charge is 0.289 e. The molecule has 2 aliphatic rings. The highest BCUT2D eigenvalue weighted by atomic mass is 79.9. The van der Waals surface area contributed by atoms with Crippen molar-refractivity contribution in [1.82, 2.24) is 9.80 Å². The molecule has 0 saturated carbocycles. The summed E-state index contributed by atoms with van der Waals surface area (Å²) in [7, 11) is 1.65. The van der Waals surface area contributed by atoms with Crippen molar-refractivity contribution in [1.29, 1.82) is 0 Å². The fraction of sp³-hybridized carbons (Fsp3) is 0.429. The Morgan fingerprint density at radius 3 is 2.55 bits per heavy atom. The molecule has 2 fully saturated rings. The van der Waals surface area contributed by atoms with Crippen LogP contribution in [0.2, 0.25) is 0 Å². The first kappa shape index (κ1) is 20.2. The molecule has 2 saturated heterocycles. The van der Waals surface area contributed by atoms with Gasteiger partial charge in [-0.05, 0) is 77.1 Å². The van der Waals surface area contributed by atoms with E-state index in [0.29, 0.717) is 10.4 Å². The summed E-state index contributed by atoms with van der Waals surface area (Å²) in [5, 5.41) is 4.05. The third-order valence-electron chi connectivity index (χ3n) is 5.94. The number of benzene rings is 1. The number of carbonyl (C=O) groups is 1. The number of hydrogen-bond donors (Lipinski definition) is 1. The zero-order chi connectivity index (χ0) is 20.4. The van der Waals surface area contributed by atoms with E-state index in [1.165, 1.54) is 0 Å². The van der Waals surface area contributed by atoms with Crippen molar-refractivity contribution in [3.8, 4) is 5.75 Å². The van der Waals surface area contributed by atoms with Crippen LogP contribution in [0.1, 0.15) is 29.8 Å². The third kappa shape index (κ3) is 4.43. The number of carbonyl (C=O) groups excluding carboxylic acids is 1. The lowest BCUT2D eigenvalue weighted by Crippen LogP contribution is -2.46. The molecule has 1 aromatic carbocycles. The van der Waals surface area contributed by atoms with Crippen LogP contribution in [0.4, 0.5) is 5.69 Å². The molecule has 0 bridgehead atoms. The average Bonchev–Trinajstić information content (AvgIpc) is 3.35. The van der Waals surface area contributed by atoms with E-state index in [1.807, 2.05) is 29.2 Å². The van der Waals surface area contributed by atoms with Crippen molar-refractivity contribution in [2.24, 2.45) is 5.41 Å². The number of thiocarbonyl (C=S) groups is 1. The predicted molar refractivity (Wildman–Crippen MR) is 119 cm³/mol. The summed E-state index contributed by atoms with van der Waals surface area (Å²) in [6, 6.07) is 11.2. The Labute approximate surface area is 184 Å². The van der Waals surface area contributed by atoms with Crippen LogP contribution in [-0.4, -0.2) is 54.1 Å². The summed E-state index contributed by atoms with van der Waals surface area (Å²) in [4.78, 5) is 16.8. The van der Waals surface area contributed by atoms with E-state index < -0.39 is 0 Å². The minimum Gasteiger partial charge on any atom is -0.497 e. The standard InChI is InChI=1S/C21H24BrN3O3S/c1-27-16-4-2-3-15(13-16)23-20(29)24-10-7-21(8-11-24)9-12-25(14-21)19(26)17-5-6-18(22)28-17/h2-6,13H,7-12,14H2,1H3,(H,23,29). The molecule has 0 radical (unpaired) electrons. The highest BCUT2D eigenvalue weighted by Crippen LogP contribution is 2.41. The van der Waals surface area contributed by atoms with Crippen LogP contribution in [0, 0.1) is 5.41 Å². The molecule has 0 aliphatic carbocycles. The largest absolute Gasteiger partial charge is 0.497 e. The van der Waals surface area contributed by atoms with Gasteiger partial charge in [0.05, 0.1) is 7.11 Å². The maximum atomic E-state index is 12.7. The zero-order valence-corrected chi connectivity index (χ0v) is 18.7. The van der Waals surface area contributed by atoms with Crippen molar-refractivity contribution < 1.29 is 13.9 Å². The van der Waals surface area contributed by atoms with Gasteiger partial charge in [0.25, 0.3) is 5.91 Å². The van der Waals surface area contributed by atoms with E-state index in [0.717, 1.165) is 62.0 Å². The van der Waals surface area contributed by atoms with E-state index in [1.54, 1.807) is 19.2 Å². The maximum absolute atomic E-state index is 12.7. The number of hydrogen-bond acceptors (Lipinski definition) is 4. The van der Waals surface area contributed by atoms with Crippen molar-refractivity contribution in [3.05, 3.63) is 46.8 Å². The average molecular weight is 478 g/mol. The SMILES string of the molecule is COc1cccc(NC(=S)N2CCC3(CCN(C(=O)c4ccc(Br)o4)C3)CC2)c1. The lowest BCUT2D eigenvalue weighted by Gasteiger charge is -2.40. The van der Waals surface area contributed by atoms with Gasteiger partial charge in [0.15, 0.2) is 15.5 Å². The van der Waals surface area contributed by atoms with E-state index in [9.17, 15) is 4.79 Å². The second-order valence-corrected chi connectivity index (χ2v) is 8.90. The van der Waals surface area contributed by atoms with Gasteiger partial charge in [-0.1, -0.05) is 6.07 Å². The summed E-state index contributed by atoms with van der Waals surface area (Å²) in [6.07, 6.45) is 3.08. The number of likely N-dealkylation sites (tertiary alicyclic amines) is 2. The Balaban J connectivity index is 1.32. The minimum absolute atomic E-state index is 0.0229. The third-order valence-corrected chi connectivity index (χ3v) is 6.73. The zero-order valence-electron chi connectivity index (χ0n) is 16.3. The van der Waals surface area contributed by atoms with Gasteiger partial charge < -0.3 is 24.3 Å². The first-order valence-corrected chi connectivity index (χ1v) is 10.9. The van der Waals surface area contributed by atoms with E-state index in [4.69, 9.17) is 21.4 Å². The quantitative estimate of drug-likeness (QED) is 0.662. The van der Waals surface area contributed by atoms with Crippen LogP contribution in [0.25, 0.3) is 0 Å². The molecule has 4 rings (SSSR count). The van der Waals surface area contributed by atoms with Gasteiger partial charge in [0, 0.05) is 37.9 Å². The Morgan fingerprint density at radius 1 is 1.17 bits per heavy atom. The number of anilines is 1. The number of ether oxygens (including phenoxy) is 1. The van der Waals surface area contributed by atoms with Crippen LogP contribution in [0.15, 0.2) is 45.5 Å². The number of halogens is 1. The topological polar surface area (TPSA) is 58.0 Å². The predicted octanol–water partition coefficient (Wildman–Crippen LogP) is 4.38. The molecule has 154 valence electrons. The number of methoxy groups -OCH3 is 1. The van der Waals surface area contributed by atoms with Crippen molar-refractivity contribution >= 4 is 44.9 Å². The van der Waals surface area contributed by atoms with Crippen LogP contribution in [0.5, 0.6) is 5.75 Å². The molecule has 0 atom stereocenters. The highest BCUT2D eigenvalue weighted by Gasteiger charge is 2.43. The van der Waals surface area contributed by atoms with Gasteiger partial charge in [0.1, 0.15) is 5.75 Å². The van der Waals surface area contributed by atoms with Crippen LogP contribution in [-0.2, 0) is 0 Å². The molecule has 6 nitrogen and oxygen atoms in total. The lowest BCUT2D eigenvalue weighted by molar-refractivity contribution is 0.0717. The normalized spacial score (nSPS) is 18.1. The molecule has 29 heavy (non-hydrogen) atoms. The van der Waals surface area contributed by atoms with Gasteiger partial charge >= 0.3 is 0 Å². The second-order valence-electron chi connectivity index (χ2n) is 7.73. The van der Waals surface area contributed by atoms with Crippen LogP contribution < -0.4 is 10.1 Å². The molecule has 1 spiro atoms. The van der Waals surface area contributed by atoms with Crippen LogP contribution in [0.3, 0.4) is 0 Å². The van der Waals surface area contributed by atoms with Crippen molar-refractivity contribution in [2.75, 3.05) is 38.6 Å². The molecule has 1 amide bonds. The highest BCUT2D eigenvalue weighted by molar-refractivity contribution is 9.10.